The molecule has 7 heteroatoms. The third-order valence-electron chi connectivity index (χ3n) is 3.12. The first-order valence-corrected chi connectivity index (χ1v) is 10.3. The lowest BCUT2D eigenvalue weighted by molar-refractivity contribution is -0.0324. The molecule has 0 saturated heterocycles. The first kappa shape index (κ1) is 22.0. The molecule has 0 saturated carbocycles. The summed E-state index contributed by atoms with van der Waals surface area (Å²) in [6, 6.07) is 0. The Hall–Kier alpha value is -0.0231. The van der Waals surface area contributed by atoms with Gasteiger partial charge in [-0.1, -0.05) is 0 Å². The molecule has 0 spiro atoms. The SMILES string of the molecule is CCO[Si](C)(OCC)OC(C)CCCOCC(COC)OC. The number of hydrogen-bond acceptors (Lipinski definition) is 6. The third-order valence-corrected chi connectivity index (χ3v) is 5.57. The fourth-order valence-corrected chi connectivity index (χ4v) is 4.23. The number of methoxy groups -OCH3 is 2. The van der Waals surface area contributed by atoms with Crippen molar-refractivity contribution in [2.45, 2.75) is 52.4 Å². The van der Waals surface area contributed by atoms with Crippen LogP contribution in [0.3, 0.4) is 0 Å². The highest BCUT2D eigenvalue weighted by atomic mass is 28.4. The van der Waals surface area contributed by atoms with Crippen molar-refractivity contribution in [3.8, 4) is 0 Å². The van der Waals surface area contributed by atoms with Crippen LogP contribution in [0.5, 0.6) is 0 Å². The van der Waals surface area contributed by atoms with Crippen LogP contribution in [0.15, 0.2) is 0 Å². The summed E-state index contributed by atoms with van der Waals surface area (Å²) in [4.78, 5) is 0. The van der Waals surface area contributed by atoms with E-state index in [1.54, 1.807) is 14.2 Å². The summed E-state index contributed by atoms with van der Waals surface area (Å²) in [5, 5.41) is 0. The summed E-state index contributed by atoms with van der Waals surface area (Å²) >= 11 is 0. The zero-order valence-corrected chi connectivity index (χ0v) is 16.1. The van der Waals surface area contributed by atoms with Crippen molar-refractivity contribution >= 4 is 8.80 Å². The predicted octanol–water partition coefficient (Wildman–Crippen LogP) is 2.49. The first-order valence-electron chi connectivity index (χ1n) is 8.06. The zero-order valence-electron chi connectivity index (χ0n) is 15.1. The molecule has 0 aromatic heterocycles. The lowest BCUT2D eigenvalue weighted by atomic mass is 10.2. The van der Waals surface area contributed by atoms with E-state index < -0.39 is 8.80 Å². The Balaban J connectivity index is 3.86. The summed E-state index contributed by atoms with van der Waals surface area (Å²) in [5.41, 5.74) is 0. The summed E-state index contributed by atoms with van der Waals surface area (Å²) in [6.45, 7) is 10.9. The molecule has 22 heavy (non-hydrogen) atoms. The number of ether oxygens (including phenoxy) is 3. The molecule has 2 atom stereocenters. The van der Waals surface area contributed by atoms with Gasteiger partial charge in [0.05, 0.1) is 13.2 Å². The van der Waals surface area contributed by atoms with Crippen LogP contribution in [0.25, 0.3) is 0 Å². The average Bonchev–Trinajstić information content (AvgIpc) is 2.45. The van der Waals surface area contributed by atoms with E-state index in [9.17, 15) is 0 Å². The maximum Gasteiger partial charge on any atom is 0.497 e. The topological polar surface area (TPSA) is 55.4 Å². The van der Waals surface area contributed by atoms with Gasteiger partial charge in [0.25, 0.3) is 0 Å². The second kappa shape index (κ2) is 13.4. The predicted molar refractivity (Wildman–Crippen MR) is 88.1 cm³/mol. The van der Waals surface area contributed by atoms with Gasteiger partial charge in [0, 0.05) is 46.7 Å². The van der Waals surface area contributed by atoms with E-state index in [1.807, 2.05) is 27.3 Å². The molecular weight excluding hydrogens is 304 g/mol. The molecule has 0 aliphatic rings. The molecule has 0 rings (SSSR count). The van der Waals surface area contributed by atoms with Crippen LogP contribution in [0.2, 0.25) is 6.55 Å². The van der Waals surface area contributed by atoms with Gasteiger partial charge in [0.2, 0.25) is 0 Å². The molecule has 0 aromatic carbocycles. The first-order chi connectivity index (χ1) is 10.5. The van der Waals surface area contributed by atoms with Gasteiger partial charge in [0.1, 0.15) is 6.10 Å². The molecule has 0 heterocycles. The number of hydrogen-bond donors (Lipinski definition) is 0. The molecule has 2 unspecified atom stereocenters. The summed E-state index contributed by atoms with van der Waals surface area (Å²) in [6.07, 6.45) is 1.92. The maximum atomic E-state index is 6.00. The lowest BCUT2D eigenvalue weighted by Crippen LogP contribution is -2.45. The highest BCUT2D eigenvalue weighted by molar-refractivity contribution is 6.59. The molecule has 0 radical (unpaired) electrons. The molecule has 0 aliphatic heterocycles. The standard InChI is InChI=1S/C15H34O6Si/c1-7-19-22(6,20-8-2)21-14(3)10-9-11-18-13-15(17-5)12-16-4/h14-15H,7-13H2,1-6H3. The van der Waals surface area contributed by atoms with Gasteiger partial charge >= 0.3 is 8.80 Å². The van der Waals surface area contributed by atoms with E-state index in [-0.39, 0.29) is 12.2 Å². The largest absolute Gasteiger partial charge is 0.497 e. The minimum atomic E-state index is -2.49. The Morgan fingerprint density at radius 2 is 1.64 bits per heavy atom. The van der Waals surface area contributed by atoms with Crippen molar-refractivity contribution in [3.05, 3.63) is 0 Å². The second-order valence-corrected chi connectivity index (χ2v) is 7.72. The Bertz CT molecular complexity index is 248. The molecule has 0 aromatic rings. The highest BCUT2D eigenvalue weighted by Gasteiger charge is 2.35. The molecule has 0 fully saturated rings. The smallest absolute Gasteiger partial charge is 0.382 e. The monoisotopic (exact) mass is 338 g/mol. The van der Waals surface area contributed by atoms with Gasteiger partial charge < -0.3 is 27.5 Å². The van der Waals surface area contributed by atoms with Crippen molar-refractivity contribution in [1.82, 2.24) is 0 Å². The van der Waals surface area contributed by atoms with Crippen molar-refractivity contribution in [2.75, 3.05) is 47.3 Å². The van der Waals surface area contributed by atoms with Crippen LogP contribution in [0.1, 0.15) is 33.6 Å². The van der Waals surface area contributed by atoms with E-state index in [2.05, 4.69) is 0 Å². The fourth-order valence-electron chi connectivity index (χ4n) is 2.12. The van der Waals surface area contributed by atoms with Gasteiger partial charge in [-0.05, 0) is 33.6 Å². The van der Waals surface area contributed by atoms with E-state index in [0.29, 0.717) is 33.0 Å². The Morgan fingerprint density at radius 3 is 2.14 bits per heavy atom. The number of rotatable bonds is 15. The molecule has 0 amide bonds. The quantitative estimate of drug-likeness (QED) is 0.338. The minimum absolute atomic E-state index is 0.00900. The van der Waals surface area contributed by atoms with E-state index in [0.717, 1.165) is 12.8 Å². The highest BCUT2D eigenvalue weighted by Crippen LogP contribution is 2.15. The Morgan fingerprint density at radius 1 is 1.00 bits per heavy atom. The molecular formula is C15H34O6Si. The van der Waals surface area contributed by atoms with Crippen LogP contribution in [-0.4, -0.2) is 68.3 Å². The normalized spacial score (nSPS) is 15.0. The molecule has 0 aliphatic carbocycles. The van der Waals surface area contributed by atoms with Crippen molar-refractivity contribution < 1.29 is 27.5 Å². The molecule has 0 bridgehead atoms. The molecule has 0 N–H and O–H groups in total. The maximum absolute atomic E-state index is 6.00. The van der Waals surface area contributed by atoms with Gasteiger partial charge in [-0.15, -0.1) is 0 Å². The van der Waals surface area contributed by atoms with Gasteiger partial charge in [-0.2, -0.15) is 0 Å². The van der Waals surface area contributed by atoms with Crippen LogP contribution in [0, 0.1) is 0 Å². The van der Waals surface area contributed by atoms with Crippen LogP contribution < -0.4 is 0 Å². The van der Waals surface area contributed by atoms with Crippen molar-refractivity contribution in [2.24, 2.45) is 0 Å². The summed E-state index contributed by atoms with van der Waals surface area (Å²) in [5.74, 6) is 0. The summed E-state index contributed by atoms with van der Waals surface area (Å²) in [7, 11) is 0.825. The van der Waals surface area contributed by atoms with Gasteiger partial charge in [0.15, 0.2) is 0 Å². The fraction of sp³-hybridized carbons (Fsp3) is 1.00. The van der Waals surface area contributed by atoms with Crippen LogP contribution in [0.4, 0.5) is 0 Å². The van der Waals surface area contributed by atoms with Crippen molar-refractivity contribution in [3.63, 3.8) is 0 Å². The Kier molecular flexibility index (Phi) is 13.4. The summed E-state index contributed by atoms with van der Waals surface area (Å²) < 4.78 is 33.2. The molecule has 6 nitrogen and oxygen atoms in total. The third kappa shape index (κ3) is 10.7. The van der Waals surface area contributed by atoms with Gasteiger partial charge in [-0.3, -0.25) is 0 Å². The van der Waals surface area contributed by atoms with E-state index in [4.69, 9.17) is 27.5 Å². The minimum Gasteiger partial charge on any atom is -0.382 e. The van der Waals surface area contributed by atoms with Crippen LogP contribution >= 0.6 is 0 Å². The lowest BCUT2D eigenvalue weighted by Gasteiger charge is -2.28. The van der Waals surface area contributed by atoms with E-state index >= 15 is 0 Å². The van der Waals surface area contributed by atoms with Gasteiger partial charge in [-0.25, -0.2) is 0 Å². The van der Waals surface area contributed by atoms with E-state index in [1.165, 1.54) is 0 Å². The molecule has 134 valence electrons. The Labute approximate surface area is 136 Å². The van der Waals surface area contributed by atoms with Crippen molar-refractivity contribution in [1.29, 1.82) is 0 Å². The second-order valence-electron chi connectivity index (χ2n) is 5.19. The zero-order chi connectivity index (χ0) is 16.8. The van der Waals surface area contributed by atoms with Crippen LogP contribution in [-0.2, 0) is 27.5 Å². The average molecular weight is 339 g/mol.